The molecule has 1 amide bonds. The molecule has 7 heteroatoms. The summed E-state index contributed by atoms with van der Waals surface area (Å²) in [6, 6.07) is 11.4. The fourth-order valence-corrected chi connectivity index (χ4v) is 2.56. The number of carbonyl (C=O) groups excluding carboxylic acids is 1. The molecule has 0 saturated heterocycles. The van der Waals surface area contributed by atoms with Crippen molar-refractivity contribution < 1.29 is 27.1 Å². The minimum Gasteiger partial charge on any atom is -0.451 e. The number of alkyl halides is 3. The smallest absolute Gasteiger partial charge is 0.416 e. The van der Waals surface area contributed by atoms with E-state index in [4.69, 9.17) is 9.15 Å². The third kappa shape index (κ3) is 3.72. The molecule has 0 aliphatic carbocycles. The van der Waals surface area contributed by atoms with Crippen LogP contribution in [-0.4, -0.2) is 12.5 Å². The Balaban J connectivity index is 1.87. The Hall–Kier alpha value is -2.80. The van der Waals surface area contributed by atoms with Crippen LogP contribution in [0.5, 0.6) is 0 Å². The second kappa shape index (κ2) is 7.21. The molecule has 136 valence electrons. The van der Waals surface area contributed by atoms with Crippen LogP contribution in [0.4, 0.5) is 18.9 Å². The summed E-state index contributed by atoms with van der Waals surface area (Å²) in [4.78, 5) is 12.6. The Bertz CT molecular complexity index is 914. The lowest BCUT2D eigenvalue weighted by Gasteiger charge is -2.09. The molecule has 0 spiro atoms. The Morgan fingerprint density at radius 1 is 1.12 bits per heavy atom. The van der Waals surface area contributed by atoms with Gasteiger partial charge in [0, 0.05) is 23.2 Å². The van der Waals surface area contributed by atoms with E-state index in [1.54, 1.807) is 12.1 Å². The number of para-hydroxylation sites is 1. The monoisotopic (exact) mass is 363 g/mol. The first-order valence-electron chi connectivity index (χ1n) is 7.97. The first kappa shape index (κ1) is 18.0. The van der Waals surface area contributed by atoms with E-state index >= 15 is 0 Å². The molecule has 0 fully saturated rings. The summed E-state index contributed by atoms with van der Waals surface area (Å²) in [7, 11) is 0. The summed E-state index contributed by atoms with van der Waals surface area (Å²) >= 11 is 0. The predicted octanol–water partition coefficient (Wildman–Crippen LogP) is 5.24. The van der Waals surface area contributed by atoms with Gasteiger partial charge in [0.05, 0.1) is 12.2 Å². The van der Waals surface area contributed by atoms with Gasteiger partial charge in [-0.2, -0.15) is 13.2 Å². The Kier molecular flexibility index (Phi) is 4.99. The molecule has 0 bridgehead atoms. The van der Waals surface area contributed by atoms with Gasteiger partial charge in [-0.15, -0.1) is 0 Å². The second-order valence-corrected chi connectivity index (χ2v) is 5.57. The van der Waals surface area contributed by atoms with Crippen LogP contribution in [-0.2, 0) is 17.5 Å². The van der Waals surface area contributed by atoms with E-state index in [1.165, 1.54) is 12.1 Å². The van der Waals surface area contributed by atoms with Crippen molar-refractivity contribution in [2.75, 3.05) is 11.9 Å². The number of ether oxygens (including phenoxy) is 1. The van der Waals surface area contributed by atoms with Gasteiger partial charge in [0.1, 0.15) is 5.58 Å². The van der Waals surface area contributed by atoms with Gasteiger partial charge in [-0.05, 0) is 37.3 Å². The topological polar surface area (TPSA) is 51.5 Å². The van der Waals surface area contributed by atoms with Gasteiger partial charge in [0.25, 0.3) is 5.91 Å². The minimum atomic E-state index is -4.42. The third-order valence-electron chi connectivity index (χ3n) is 3.83. The van der Waals surface area contributed by atoms with Crippen LogP contribution in [0, 0.1) is 0 Å². The van der Waals surface area contributed by atoms with E-state index in [0.29, 0.717) is 17.8 Å². The largest absolute Gasteiger partial charge is 0.451 e. The molecule has 1 heterocycles. The SMILES string of the molecule is CCOCc1c(C(=O)Nc2ccc(C(F)(F)F)cc2)oc2ccccc12. The molecule has 26 heavy (non-hydrogen) atoms. The Morgan fingerprint density at radius 2 is 1.81 bits per heavy atom. The molecule has 4 nitrogen and oxygen atoms in total. The van der Waals surface area contributed by atoms with Gasteiger partial charge in [0.2, 0.25) is 0 Å². The molecule has 2 aromatic carbocycles. The molecule has 3 aromatic rings. The molecule has 0 unspecified atom stereocenters. The summed E-state index contributed by atoms with van der Waals surface area (Å²) in [6.45, 7) is 2.51. The highest BCUT2D eigenvalue weighted by Gasteiger charge is 2.30. The molecular formula is C19H16F3NO3. The van der Waals surface area contributed by atoms with Crippen molar-refractivity contribution in [1.29, 1.82) is 0 Å². The zero-order chi connectivity index (χ0) is 18.7. The lowest BCUT2D eigenvalue weighted by molar-refractivity contribution is -0.137. The zero-order valence-electron chi connectivity index (χ0n) is 13.9. The van der Waals surface area contributed by atoms with Gasteiger partial charge in [-0.25, -0.2) is 0 Å². The Labute approximate surface area is 147 Å². The highest BCUT2D eigenvalue weighted by Crippen LogP contribution is 2.30. The van der Waals surface area contributed by atoms with Crippen molar-refractivity contribution in [3.63, 3.8) is 0 Å². The molecule has 1 aromatic heterocycles. The summed E-state index contributed by atoms with van der Waals surface area (Å²) in [5.41, 5.74) is 0.605. The van der Waals surface area contributed by atoms with Crippen LogP contribution in [0.1, 0.15) is 28.6 Å². The first-order chi connectivity index (χ1) is 12.4. The molecule has 1 N–H and O–H groups in total. The van der Waals surface area contributed by atoms with Crippen LogP contribution in [0.15, 0.2) is 52.9 Å². The number of hydrogen-bond acceptors (Lipinski definition) is 3. The normalized spacial score (nSPS) is 11.7. The Morgan fingerprint density at radius 3 is 2.46 bits per heavy atom. The van der Waals surface area contributed by atoms with Gasteiger partial charge in [-0.1, -0.05) is 18.2 Å². The molecular weight excluding hydrogens is 347 g/mol. The lowest BCUT2D eigenvalue weighted by Crippen LogP contribution is -2.14. The third-order valence-corrected chi connectivity index (χ3v) is 3.83. The van der Waals surface area contributed by atoms with Crippen LogP contribution < -0.4 is 5.32 Å². The maximum atomic E-state index is 12.6. The molecule has 3 rings (SSSR count). The summed E-state index contributed by atoms with van der Waals surface area (Å²) in [6.07, 6.45) is -4.42. The van der Waals surface area contributed by atoms with Crippen molar-refractivity contribution in [1.82, 2.24) is 0 Å². The number of benzene rings is 2. The standard InChI is InChI=1S/C19H16F3NO3/c1-2-25-11-15-14-5-3-4-6-16(14)26-17(15)18(24)23-13-9-7-12(8-10-13)19(20,21)22/h3-10H,2,11H2,1H3,(H,23,24). The number of furan rings is 1. The summed E-state index contributed by atoms with van der Waals surface area (Å²) in [5, 5.41) is 3.32. The van der Waals surface area contributed by atoms with Crippen LogP contribution in [0.3, 0.4) is 0 Å². The minimum absolute atomic E-state index is 0.0829. The first-order valence-corrected chi connectivity index (χ1v) is 7.97. The number of carbonyl (C=O) groups is 1. The maximum absolute atomic E-state index is 12.6. The number of halogens is 3. The average Bonchev–Trinajstić information content (AvgIpc) is 2.98. The average molecular weight is 363 g/mol. The number of nitrogens with one attached hydrogen (secondary N) is 1. The fourth-order valence-electron chi connectivity index (χ4n) is 2.56. The lowest BCUT2D eigenvalue weighted by atomic mass is 10.1. The second-order valence-electron chi connectivity index (χ2n) is 5.57. The van der Waals surface area contributed by atoms with E-state index in [-0.39, 0.29) is 18.1 Å². The van der Waals surface area contributed by atoms with E-state index in [9.17, 15) is 18.0 Å². The maximum Gasteiger partial charge on any atom is 0.416 e. The van der Waals surface area contributed by atoms with Crippen molar-refractivity contribution >= 4 is 22.6 Å². The number of fused-ring (bicyclic) bond motifs is 1. The van der Waals surface area contributed by atoms with Crippen molar-refractivity contribution in [2.24, 2.45) is 0 Å². The molecule has 0 saturated carbocycles. The number of amides is 1. The summed E-state index contributed by atoms with van der Waals surface area (Å²) in [5.74, 6) is -0.463. The van der Waals surface area contributed by atoms with Crippen LogP contribution >= 0.6 is 0 Å². The van der Waals surface area contributed by atoms with Gasteiger partial charge in [-0.3, -0.25) is 4.79 Å². The fraction of sp³-hybridized carbons (Fsp3) is 0.211. The van der Waals surface area contributed by atoms with Crippen LogP contribution in [0.2, 0.25) is 0 Å². The molecule has 0 aliphatic rings. The van der Waals surface area contributed by atoms with Gasteiger partial charge < -0.3 is 14.5 Å². The van der Waals surface area contributed by atoms with Crippen molar-refractivity contribution in [2.45, 2.75) is 19.7 Å². The predicted molar refractivity (Wildman–Crippen MR) is 90.9 cm³/mol. The molecule has 0 radical (unpaired) electrons. The van der Waals surface area contributed by atoms with E-state index in [1.807, 2.05) is 19.1 Å². The van der Waals surface area contributed by atoms with Crippen molar-refractivity contribution in [3.8, 4) is 0 Å². The number of rotatable bonds is 5. The zero-order valence-corrected chi connectivity index (χ0v) is 13.9. The van der Waals surface area contributed by atoms with E-state index < -0.39 is 17.6 Å². The van der Waals surface area contributed by atoms with E-state index in [0.717, 1.165) is 17.5 Å². The molecule has 0 atom stereocenters. The number of hydrogen-bond donors (Lipinski definition) is 1. The van der Waals surface area contributed by atoms with Gasteiger partial charge >= 0.3 is 6.18 Å². The van der Waals surface area contributed by atoms with Crippen molar-refractivity contribution in [3.05, 3.63) is 65.4 Å². The highest BCUT2D eigenvalue weighted by atomic mass is 19.4. The van der Waals surface area contributed by atoms with Gasteiger partial charge in [0.15, 0.2) is 5.76 Å². The quantitative estimate of drug-likeness (QED) is 0.674. The van der Waals surface area contributed by atoms with Crippen LogP contribution in [0.25, 0.3) is 11.0 Å². The molecule has 0 aliphatic heterocycles. The summed E-state index contributed by atoms with van der Waals surface area (Å²) < 4.78 is 48.9. The highest BCUT2D eigenvalue weighted by molar-refractivity contribution is 6.06. The van der Waals surface area contributed by atoms with E-state index in [2.05, 4.69) is 5.32 Å². The number of anilines is 1.